The normalized spacial score (nSPS) is 16.5. The van der Waals surface area contributed by atoms with Crippen molar-refractivity contribution in [3.8, 4) is 5.75 Å². The third-order valence-electron chi connectivity index (χ3n) is 10.6. The van der Waals surface area contributed by atoms with E-state index in [1.807, 2.05) is 194 Å². The minimum atomic E-state index is -4.32. The minimum Gasteiger partial charge on any atom is -0.497 e. The maximum absolute atomic E-state index is 16.6. The van der Waals surface area contributed by atoms with Gasteiger partial charge in [-0.3, -0.25) is 0 Å². The van der Waals surface area contributed by atoms with Crippen LogP contribution in [0.25, 0.3) is 16.5 Å². The molecule has 0 bridgehead atoms. The summed E-state index contributed by atoms with van der Waals surface area (Å²) < 4.78 is 54.9. The quantitative estimate of drug-likeness (QED) is 0.131. The standard InChI is InChI=1S/C47H40NO4PS/c1-35-24-28-40(29-25-35)47(32-14-18-39(34-47)36-15-6-3-7-16-36)54(50,51)45-33-38-17-12-13-23-44(38)48(45)46(37-26-30-41(52-2)31-27-37)53(49,42-19-8-4-9-20-42)43-21-10-5-11-22-43/h3-33,46H,34H2,1-2H3. The number of methoxy groups -OCH3 is 1. The molecule has 1 aromatic heterocycles. The summed E-state index contributed by atoms with van der Waals surface area (Å²) in [7, 11) is -6.46. The van der Waals surface area contributed by atoms with Crippen molar-refractivity contribution in [1.82, 2.24) is 4.57 Å². The minimum absolute atomic E-state index is 0.0936. The maximum Gasteiger partial charge on any atom is 0.207 e. The van der Waals surface area contributed by atoms with E-state index in [2.05, 4.69) is 0 Å². The van der Waals surface area contributed by atoms with Crippen LogP contribution in [0.2, 0.25) is 0 Å². The lowest BCUT2D eigenvalue weighted by atomic mass is 9.84. The van der Waals surface area contributed by atoms with Crippen molar-refractivity contribution < 1.29 is 17.7 Å². The summed E-state index contributed by atoms with van der Waals surface area (Å²) in [6, 6.07) is 53.6. The Bertz CT molecular complexity index is 2610. The number of benzene rings is 6. The number of ether oxygens (including phenoxy) is 1. The molecule has 0 radical (unpaired) electrons. The summed E-state index contributed by atoms with van der Waals surface area (Å²) in [6.45, 7) is 2.00. The molecule has 6 aromatic carbocycles. The van der Waals surface area contributed by atoms with Crippen LogP contribution in [0.4, 0.5) is 0 Å². The number of fused-ring (bicyclic) bond motifs is 1. The SMILES string of the molecule is COc1ccc(C(n2c(S(=O)(=O)C3(c4ccc(C)cc4)C=CC=C(c4ccccc4)C3)cc3ccccc32)P(=O)(c2ccccc2)c2ccccc2)cc1. The van der Waals surface area contributed by atoms with E-state index in [1.54, 1.807) is 13.2 Å². The van der Waals surface area contributed by atoms with E-state index in [0.29, 0.717) is 33.0 Å². The lowest BCUT2D eigenvalue weighted by molar-refractivity contribution is 0.414. The molecular formula is C47H40NO4PS. The zero-order chi connectivity index (χ0) is 37.3. The topological polar surface area (TPSA) is 65.4 Å². The number of aromatic nitrogens is 1. The summed E-state index contributed by atoms with van der Waals surface area (Å²) in [5.41, 5.74) is 4.93. The van der Waals surface area contributed by atoms with E-state index in [4.69, 9.17) is 4.74 Å². The Hall–Kier alpha value is -5.68. The van der Waals surface area contributed by atoms with Crippen LogP contribution in [0.1, 0.15) is 34.5 Å². The highest BCUT2D eigenvalue weighted by Gasteiger charge is 2.50. The molecule has 8 rings (SSSR count). The average molecular weight is 746 g/mol. The molecule has 268 valence electrons. The van der Waals surface area contributed by atoms with Gasteiger partial charge >= 0.3 is 0 Å². The highest BCUT2D eigenvalue weighted by Crippen LogP contribution is 2.60. The summed E-state index contributed by atoms with van der Waals surface area (Å²) >= 11 is 0. The largest absolute Gasteiger partial charge is 0.497 e. The van der Waals surface area contributed by atoms with Crippen molar-refractivity contribution in [1.29, 1.82) is 0 Å². The summed E-state index contributed by atoms with van der Waals surface area (Å²) in [5, 5.41) is 2.08. The van der Waals surface area contributed by atoms with Crippen molar-refractivity contribution >= 4 is 44.1 Å². The average Bonchev–Trinajstić information content (AvgIpc) is 3.62. The first-order valence-corrected chi connectivity index (χ1v) is 21.2. The first-order valence-electron chi connectivity index (χ1n) is 18.0. The van der Waals surface area contributed by atoms with Gasteiger partial charge in [-0.1, -0.05) is 169 Å². The molecule has 0 amide bonds. The number of para-hydroxylation sites is 1. The van der Waals surface area contributed by atoms with Gasteiger partial charge in [-0.05, 0) is 53.5 Å². The molecule has 0 fully saturated rings. The Labute approximate surface area is 317 Å². The lowest BCUT2D eigenvalue weighted by Crippen LogP contribution is -2.37. The van der Waals surface area contributed by atoms with Crippen LogP contribution in [0.3, 0.4) is 0 Å². The van der Waals surface area contributed by atoms with E-state index in [9.17, 15) is 0 Å². The zero-order valence-electron chi connectivity index (χ0n) is 30.1. The van der Waals surface area contributed by atoms with Gasteiger partial charge in [0.25, 0.3) is 0 Å². The number of hydrogen-bond donors (Lipinski definition) is 0. The molecule has 0 saturated carbocycles. The van der Waals surface area contributed by atoms with Crippen LogP contribution >= 0.6 is 7.14 Å². The predicted octanol–water partition coefficient (Wildman–Crippen LogP) is 10.2. The van der Waals surface area contributed by atoms with Gasteiger partial charge in [0.05, 0.1) is 12.6 Å². The van der Waals surface area contributed by atoms with Crippen LogP contribution in [-0.2, 0) is 19.1 Å². The first kappa shape index (κ1) is 35.4. The number of rotatable bonds is 10. The van der Waals surface area contributed by atoms with Crippen LogP contribution in [0.5, 0.6) is 5.75 Å². The highest BCUT2D eigenvalue weighted by molar-refractivity contribution is 7.92. The van der Waals surface area contributed by atoms with Crippen LogP contribution in [0, 0.1) is 6.92 Å². The number of sulfone groups is 1. The first-order chi connectivity index (χ1) is 26.3. The Morgan fingerprint density at radius 2 is 1.28 bits per heavy atom. The Morgan fingerprint density at radius 1 is 0.704 bits per heavy atom. The van der Waals surface area contributed by atoms with Crippen LogP contribution in [0.15, 0.2) is 193 Å². The monoisotopic (exact) mass is 745 g/mol. The molecule has 0 aliphatic heterocycles. The molecule has 7 heteroatoms. The van der Waals surface area contributed by atoms with Gasteiger partial charge < -0.3 is 13.9 Å². The molecule has 0 N–H and O–H groups in total. The second-order valence-electron chi connectivity index (χ2n) is 13.7. The fourth-order valence-corrected chi connectivity index (χ4v) is 13.3. The number of nitrogens with zero attached hydrogens (tertiary/aromatic N) is 1. The Kier molecular flexibility index (Phi) is 9.35. The maximum atomic E-state index is 16.6. The van der Waals surface area contributed by atoms with Crippen LogP contribution in [-0.4, -0.2) is 20.1 Å². The Balaban J connectivity index is 1.46. The highest BCUT2D eigenvalue weighted by atomic mass is 32.2. The molecule has 1 aliphatic carbocycles. The second kappa shape index (κ2) is 14.3. The molecular weight excluding hydrogens is 706 g/mol. The second-order valence-corrected chi connectivity index (χ2v) is 18.7. The van der Waals surface area contributed by atoms with Gasteiger partial charge in [0.2, 0.25) is 9.84 Å². The van der Waals surface area contributed by atoms with E-state index < -0.39 is 27.5 Å². The Morgan fingerprint density at radius 3 is 1.89 bits per heavy atom. The third kappa shape index (κ3) is 5.96. The van der Waals surface area contributed by atoms with Crippen molar-refractivity contribution in [2.24, 2.45) is 0 Å². The van der Waals surface area contributed by atoms with Crippen molar-refractivity contribution in [3.63, 3.8) is 0 Å². The molecule has 54 heavy (non-hydrogen) atoms. The van der Waals surface area contributed by atoms with Gasteiger partial charge in [0, 0.05) is 22.4 Å². The van der Waals surface area contributed by atoms with Gasteiger partial charge in [-0.25, -0.2) is 8.42 Å². The molecule has 5 nitrogen and oxygen atoms in total. The molecule has 0 spiro atoms. The molecule has 7 aromatic rings. The number of aryl methyl sites for hydroxylation is 1. The van der Waals surface area contributed by atoms with Gasteiger partial charge in [-0.15, -0.1) is 0 Å². The fourth-order valence-electron chi connectivity index (χ4n) is 7.77. The summed E-state index contributed by atoms with van der Waals surface area (Å²) in [5.74, 6) is -0.312. The van der Waals surface area contributed by atoms with E-state index in [0.717, 1.165) is 22.1 Å². The lowest BCUT2D eigenvalue weighted by Gasteiger charge is -2.37. The van der Waals surface area contributed by atoms with Gasteiger partial charge in [0.15, 0.2) is 7.14 Å². The third-order valence-corrected chi connectivity index (χ3v) is 16.2. The van der Waals surface area contributed by atoms with E-state index >= 15 is 13.0 Å². The molecule has 1 heterocycles. The number of allylic oxidation sites excluding steroid dienone is 3. The smallest absolute Gasteiger partial charge is 0.207 e. The molecule has 1 aliphatic rings. The van der Waals surface area contributed by atoms with Crippen LogP contribution < -0.4 is 15.3 Å². The summed E-state index contributed by atoms with van der Waals surface area (Å²) in [4.78, 5) is 0. The molecule has 2 atom stereocenters. The van der Waals surface area contributed by atoms with Gasteiger partial charge in [-0.2, -0.15) is 0 Å². The fraction of sp³-hybridized carbons (Fsp3) is 0.106. The molecule has 2 unspecified atom stereocenters. The zero-order valence-corrected chi connectivity index (χ0v) is 31.8. The van der Waals surface area contributed by atoms with Crippen molar-refractivity contribution in [2.75, 3.05) is 7.11 Å². The van der Waals surface area contributed by atoms with Crippen molar-refractivity contribution in [2.45, 2.75) is 28.9 Å². The molecule has 0 saturated heterocycles. The van der Waals surface area contributed by atoms with Gasteiger partial charge in [0.1, 0.15) is 21.3 Å². The summed E-state index contributed by atoms with van der Waals surface area (Å²) in [6.07, 6.45) is 5.92. The van der Waals surface area contributed by atoms with E-state index in [-0.39, 0.29) is 11.4 Å². The predicted molar refractivity (Wildman–Crippen MR) is 221 cm³/mol. The van der Waals surface area contributed by atoms with E-state index in [1.165, 1.54) is 0 Å². The number of hydrogen-bond acceptors (Lipinski definition) is 4. The van der Waals surface area contributed by atoms with Crippen molar-refractivity contribution in [3.05, 3.63) is 210 Å².